The zero-order valence-electron chi connectivity index (χ0n) is 12.6. The van der Waals surface area contributed by atoms with Crippen LogP contribution in [0.25, 0.3) is 0 Å². The number of nitrogens with one attached hydrogen (secondary N) is 2. The monoisotopic (exact) mass is 293 g/mol. The van der Waals surface area contributed by atoms with Gasteiger partial charge in [0.15, 0.2) is 0 Å². The first-order chi connectivity index (χ1) is 9.96. The second-order valence-electron chi connectivity index (χ2n) is 5.84. The number of amides is 2. The number of nitrogens with zero attached hydrogens (tertiary/aromatic N) is 2. The molecule has 2 amide bonds. The fraction of sp³-hybridized carbons (Fsp3) is 0.643. The highest BCUT2D eigenvalue weighted by Gasteiger charge is 2.30. The molecule has 0 bridgehead atoms. The third-order valence-corrected chi connectivity index (χ3v) is 3.92. The average molecular weight is 293 g/mol. The molecule has 4 N–H and O–H groups in total. The molecule has 2 rings (SSSR count). The molecule has 1 unspecified atom stereocenters. The third-order valence-electron chi connectivity index (χ3n) is 3.92. The first kappa shape index (κ1) is 15.5. The number of nitrogens with two attached hydrogens (primary N) is 1. The lowest BCUT2D eigenvalue weighted by Crippen LogP contribution is -2.39. The van der Waals surface area contributed by atoms with Crippen molar-refractivity contribution in [2.45, 2.75) is 45.7 Å². The van der Waals surface area contributed by atoms with Crippen molar-refractivity contribution >= 4 is 17.5 Å². The number of carbonyl (C=O) groups is 2. The number of hydrogen-bond acceptors (Lipinski definition) is 4. The van der Waals surface area contributed by atoms with Crippen molar-refractivity contribution < 1.29 is 9.59 Å². The summed E-state index contributed by atoms with van der Waals surface area (Å²) < 4.78 is 1.51. The molecular formula is C14H23N5O2. The Morgan fingerprint density at radius 2 is 2.24 bits per heavy atom. The molecular weight excluding hydrogens is 270 g/mol. The second kappa shape index (κ2) is 6.26. The Morgan fingerprint density at radius 1 is 1.52 bits per heavy atom. The van der Waals surface area contributed by atoms with Crippen LogP contribution in [0.1, 0.15) is 33.1 Å². The van der Waals surface area contributed by atoms with E-state index in [0.29, 0.717) is 18.2 Å². The molecule has 21 heavy (non-hydrogen) atoms. The zero-order valence-corrected chi connectivity index (χ0v) is 12.6. The Labute approximate surface area is 124 Å². The molecule has 1 aliphatic rings. The summed E-state index contributed by atoms with van der Waals surface area (Å²) in [7, 11) is 0. The van der Waals surface area contributed by atoms with E-state index >= 15 is 0 Å². The molecule has 7 heteroatoms. The summed E-state index contributed by atoms with van der Waals surface area (Å²) in [5, 5.41) is 9.77. The second-order valence-corrected chi connectivity index (χ2v) is 5.84. The van der Waals surface area contributed by atoms with Gasteiger partial charge in [0.1, 0.15) is 6.54 Å². The van der Waals surface area contributed by atoms with Crippen LogP contribution < -0.4 is 16.4 Å². The van der Waals surface area contributed by atoms with E-state index in [0.717, 1.165) is 12.8 Å². The molecule has 1 heterocycles. The SMILES string of the molecule is CCC(C)(CN)C(=O)Nc1cnn(CC(=O)NC2CC2)c1. The fourth-order valence-corrected chi connectivity index (χ4v) is 1.84. The Balaban J connectivity index is 1.90. The van der Waals surface area contributed by atoms with Gasteiger partial charge in [-0.2, -0.15) is 5.10 Å². The molecule has 1 aromatic rings. The number of rotatable bonds is 7. The highest BCUT2D eigenvalue weighted by molar-refractivity contribution is 5.95. The van der Waals surface area contributed by atoms with Gasteiger partial charge in [0.05, 0.1) is 17.3 Å². The molecule has 1 aromatic heterocycles. The van der Waals surface area contributed by atoms with E-state index in [2.05, 4.69) is 15.7 Å². The topological polar surface area (TPSA) is 102 Å². The standard InChI is InChI=1S/C14H23N5O2/c1-3-14(2,9-15)13(21)18-11-6-16-19(7-11)8-12(20)17-10-4-5-10/h6-7,10H,3-5,8-9,15H2,1-2H3,(H,17,20)(H,18,21). The Kier molecular flexibility index (Phi) is 4.62. The van der Waals surface area contributed by atoms with E-state index in [1.54, 1.807) is 6.20 Å². The highest BCUT2D eigenvalue weighted by atomic mass is 16.2. The van der Waals surface area contributed by atoms with E-state index < -0.39 is 5.41 Å². The normalized spacial score (nSPS) is 17.1. The van der Waals surface area contributed by atoms with Gasteiger partial charge in [-0.05, 0) is 26.2 Å². The van der Waals surface area contributed by atoms with Gasteiger partial charge >= 0.3 is 0 Å². The highest BCUT2D eigenvalue weighted by Crippen LogP contribution is 2.22. The summed E-state index contributed by atoms with van der Waals surface area (Å²) in [6.07, 6.45) is 5.96. The van der Waals surface area contributed by atoms with Crippen molar-refractivity contribution in [1.82, 2.24) is 15.1 Å². The molecule has 0 spiro atoms. The molecule has 1 atom stereocenters. The van der Waals surface area contributed by atoms with Crippen LogP contribution in [0.4, 0.5) is 5.69 Å². The van der Waals surface area contributed by atoms with Crippen LogP contribution in [0.5, 0.6) is 0 Å². The van der Waals surface area contributed by atoms with Crippen molar-refractivity contribution in [2.75, 3.05) is 11.9 Å². The van der Waals surface area contributed by atoms with E-state index in [1.165, 1.54) is 10.9 Å². The van der Waals surface area contributed by atoms with Crippen molar-refractivity contribution in [3.05, 3.63) is 12.4 Å². The van der Waals surface area contributed by atoms with Crippen LogP contribution in [0.15, 0.2) is 12.4 Å². The lowest BCUT2D eigenvalue weighted by Gasteiger charge is -2.24. The average Bonchev–Trinajstić information content (AvgIpc) is 3.17. The minimum absolute atomic E-state index is 0.0566. The van der Waals surface area contributed by atoms with E-state index in [4.69, 9.17) is 5.73 Å². The van der Waals surface area contributed by atoms with Gasteiger partial charge < -0.3 is 16.4 Å². The Hall–Kier alpha value is -1.89. The largest absolute Gasteiger partial charge is 0.352 e. The maximum Gasteiger partial charge on any atom is 0.241 e. The predicted molar refractivity (Wildman–Crippen MR) is 79.5 cm³/mol. The summed E-state index contributed by atoms with van der Waals surface area (Å²) >= 11 is 0. The Morgan fingerprint density at radius 3 is 2.81 bits per heavy atom. The van der Waals surface area contributed by atoms with Crippen LogP contribution in [-0.2, 0) is 16.1 Å². The van der Waals surface area contributed by atoms with Crippen molar-refractivity contribution in [1.29, 1.82) is 0 Å². The molecule has 7 nitrogen and oxygen atoms in total. The summed E-state index contributed by atoms with van der Waals surface area (Å²) in [5.41, 5.74) is 5.65. The number of anilines is 1. The predicted octanol–water partition coefficient (Wildman–Crippen LogP) is 0.475. The minimum Gasteiger partial charge on any atom is -0.352 e. The fourth-order valence-electron chi connectivity index (χ4n) is 1.84. The summed E-state index contributed by atoms with van der Waals surface area (Å²) in [6.45, 7) is 4.20. The van der Waals surface area contributed by atoms with Gasteiger partial charge in [-0.15, -0.1) is 0 Å². The van der Waals surface area contributed by atoms with Gasteiger partial charge in [-0.25, -0.2) is 0 Å². The first-order valence-electron chi connectivity index (χ1n) is 7.30. The maximum atomic E-state index is 12.2. The van der Waals surface area contributed by atoms with Crippen LogP contribution in [0.3, 0.4) is 0 Å². The molecule has 0 saturated heterocycles. The lowest BCUT2D eigenvalue weighted by molar-refractivity contribution is -0.124. The molecule has 1 fully saturated rings. The number of carbonyl (C=O) groups excluding carboxylic acids is 2. The lowest BCUT2D eigenvalue weighted by atomic mass is 9.86. The van der Waals surface area contributed by atoms with Crippen LogP contribution >= 0.6 is 0 Å². The van der Waals surface area contributed by atoms with Crippen molar-refractivity contribution in [3.63, 3.8) is 0 Å². The summed E-state index contributed by atoms with van der Waals surface area (Å²) in [6, 6.07) is 0.335. The van der Waals surface area contributed by atoms with E-state index in [-0.39, 0.29) is 24.9 Å². The summed E-state index contributed by atoms with van der Waals surface area (Å²) in [4.78, 5) is 23.8. The van der Waals surface area contributed by atoms with Crippen LogP contribution in [-0.4, -0.2) is 34.2 Å². The van der Waals surface area contributed by atoms with Crippen molar-refractivity contribution in [3.8, 4) is 0 Å². The molecule has 0 aromatic carbocycles. The molecule has 1 aliphatic carbocycles. The van der Waals surface area contributed by atoms with Gasteiger partial charge in [-0.1, -0.05) is 6.92 Å². The van der Waals surface area contributed by atoms with Gasteiger partial charge in [-0.3, -0.25) is 14.3 Å². The zero-order chi connectivity index (χ0) is 15.5. The maximum absolute atomic E-state index is 12.2. The number of aromatic nitrogens is 2. The quantitative estimate of drug-likeness (QED) is 0.680. The third kappa shape index (κ3) is 4.04. The molecule has 0 aliphatic heterocycles. The van der Waals surface area contributed by atoms with Gasteiger partial charge in [0.2, 0.25) is 11.8 Å². The smallest absolute Gasteiger partial charge is 0.241 e. The van der Waals surface area contributed by atoms with E-state index in [1.807, 2.05) is 13.8 Å². The van der Waals surface area contributed by atoms with Crippen LogP contribution in [0, 0.1) is 5.41 Å². The van der Waals surface area contributed by atoms with Gasteiger partial charge in [0.25, 0.3) is 0 Å². The number of hydrogen-bond donors (Lipinski definition) is 3. The van der Waals surface area contributed by atoms with Gasteiger partial charge in [0, 0.05) is 18.8 Å². The Bertz CT molecular complexity index is 517. The molecule has 1 saturated carbocycles. The van der Waals surface area contributed by atoms with Crippen molar-refractivity contribution in [2.24, 2.45) is 11.1 Å². The molecule has 0 radical (unpaired) electrons. The van der Waals surface area contributed by atoms with Crippen LogP contribution in [0.2, 0.25) is 0 Å². The molecule has 116 valence electrons. The minimum atomic E-state index is -0.592. The first-order valence-corrected chi connectivity index (χ1v) is 7.30. The summed E-state index contributed by atoms with van der Waals surface area (Å²) in [5.74, 6) is -0.187. The van der Waals surface area contributed by atoms with E-state index in [9.17, 15) is 9.59 Å².